The largest absolute Gasteiger partial charge is 0.390 e. The second kappa shape index (κ2) is 4.14. The van der Waals surface area contributed by atoms with Crippen LogP contribution >= 0.6 is 0 Å². The van der Waals surface area contributed by atoms with Gasteiger partial charge in [0.25, 0.3) is 0 Å². The van der Waals surface area contributed by atoms with Gasteiger partial charge in [0.2, 0.25) is 0 Å². The second-order valence-corrected chi connectivity index (χ2v) is 4.70. The fourth-order valence-corrected chi connectivity index (χ4v) is 2.57. The molecule has 2 unspecified atom stereocenters. The molecule has 2 saturated heterocycles. The molecule has 0 saturated carbocycles. The van der Waals surface area contributed by atoms with Gasteiger partial charge in [-0.1, -0.05) is 0 Å². The SMILES string of the molecule is CC(N)C1CCN([C@@H]2CNC[C@H]2O)C1. The minimum Gasteiger partial charge on any atom is -0.390 e. The maximum Gasteiger partial charge on any atom is 0.0831 e. The van der Waals surface area contributed by atoms with E-state index in [1.165, 1.54) is 6.42 Å². The number of β-amino-alcohol motifs (C(OH)–C–C–N with tert-alkyl or cyclic N) is 1. The lowest BCUT2D eigenvalue weighted by atomic mass is 10.0. The van der Waals surface area contributed by atoms with Gasteiger partial charge in [-0.05, 0) is 25.8 Å². The van der Waals surface area contributed by atoms with E-state index in [-0.39, 0.29) is 12.1 Å². The summed E-state index contributed by atoms with van der Waals surface area (Å²) in [5, 5.41) is 13.0. The molecular weight excluding hydrogens is 178 g/mol. The monoisotopic (exact) mass is 199 g/mol. The number of nitrogens with two attached hydrogens (primary N) is 1. The number of likely N-dealkylation sites (tertiary alicyclic amines) is 1. The standard InChI is InChI=1S/C10H21N3O/c1-7(11)8-2-3-13(6-8)9-4-12-5-10(9)14/h7-10,12,14H,2-6,11H2,1H3/t7?,8?,9-,10-/m1/s1. The molecule has 2 fully saturated rings. The first kappa shape index (κ1) is 10.4. The van der Waals surface area contributed by atoms with Gasteiger partial charge in [0, 0.05) is 31.7 Å². The normalized spacial score (nSPS) is 41.8. The zero-order valence-corrected chi connectivity index (χ0v) is 8.82. The first-order valence-electron chi connectivity index (χ1n) is 5.57. The van der Waals surface area contributed by atoms with E-state index in [9.17, 15) is 5.11 Å². The Morgan fingerprint density at radius 3 is 2.79 bits per heavy atom. The van der Waals surface area contributed by atoms with Crippen molar-refractivity contribution in [2.45, 2.75) is 31.5 Å². The van der Waals surface area contributed by atoms with E-state index in [1.807, 2.05) is 0 Å². The van der Waals surface area contributed by atoms with Crippen molar-refractivity contribution >= 4 is 0 Å². The molecule has 0 amide bonds. The zero-order valence-electron chi connectivity index (χ0n) is 8.82. The van der Waals surface area contributed by atoms with Crippen molar-refractivity contribution in [3.05, 3.63) is 0 Å². The van der Waals surface area contributed by atoms with Gasteiger partial charge in [-0.2, -0.15) is 0 Å². The van der Waals surface area contributed by atoms with Crippen LogP contribution in [0.4, 0.5) is 0 Å². The molecule has 0 aromatic heterocycles. The molecule has 0 bridgehead atoms. The van der Waals surface area contributed by atoms with Gasteiger partial charge in [0.05, 0.1) is 6.10 Å². The zero-order chi connectivity index (χ0) is 10.1. The fourth-order valence-electron chi connectivity index (χ4n) is 2.57. The second-order valence-electron chi connectivity index (χ2n) is 4.70. The van der Waals surface area contributed by atoms with Crippen molar-refractivity contribution in [3.8, 4) is 0 Å². The van der Waals surface area contributed by atoms with Crippen LogP contribution in [0.15, 0.2) is 0 Å². The summed E-state index contributed by atoms with van der Waals surface area (Å²) >= 11 is 0. The molecule has 2 heterocycles. The third-order valence-electron chi connectivity index (χ3n) is 3.62. The van der Waals surface area contributed by atoms with Crippen LogP contribution in [0.2, 0.25) is 0 Å². The molecule has 2 aliphatic heterocycles. The predicted octanol–water partition coefficient (Wildman–Crippen LogP) is -1.01. The van der Waals surface area contributed by atoms with Gasteiger partial charge in [-0.15, -0.1) is 0 Å². The molecule has 4 N–H and O–H groups in total. The summed E-state index contributed by atoms with van der Waals surface area (Å²) in [6, 6.07) is 0.602. The maximum atomic E-state index is 9.74. The van der Waals surface area contributed by atoms with Crippen molar-refractivity contribution in [2.24, 2.45) is 11.7 Å². The average Bonchev–Trinajstić information content (AvgIpc) is 2.71. The molecule has 14 heavy (non-hydrogen) atoms. The van der Waals surface area contributed by atoms with Gasteiger partial charge >= 0.3 is 0 Å². The van der Waals surface area contributed by atoms with Crippen molar-refractivity contribution < 1.29 is 5.11 Å². The Hall–Kier alpha value is -0.160. The summed E-state index contributed by atoms with van der Waals surface area (Å²) in [6.45, 7) is 5.89. The van der Waals surface area contributed by atoms with E-state index < -0.39 is 0 Å². The first-order chi connectivity index (χ1) is 6.68. The fraction of sp³-hybridized carbons (Fsp3) is 1.00. The Kier molecular flexibility index (Phi) is 3.07. The van der Waals surface area contributed by atoms with Crippen molar-refractivity contribution in [1.29, 1.82) is 0 Å². The third kappa shape index (κ3) is 1.93. The van der Waals surface area contributed by atoms with Crippen LogP contribution in [0.1, 0.15) is 13.3 Å². The molecule has 82 valence electrons. The molecule has 2 aliphatic rings. The van der Waals surface area contributed by atoms with Gasteiger partial charge in [-0.25, -0.2) is 0 Å². The highest BCUT2D eigenvalue weighted by molar-refractivity contribution is 4.93. The Bertz CT molecular complexity index is 198. The van der Waals surface area contributed by atoms with Crippen LogP contribution in [0, 0.1) is 5.92 Å². The number of rotatable bonds is 2. The Labute approximate surface area is 85.5 Å². The third-order valence-corrected chi connectivity index (χ3v) is 3.62. The molecule has 2 rings (SSSR count). The quantitative estimate of drug-likeness (QED) is 0.533. The van der Waals surface area contributed by atoms with Crippen LogP contribution in [0.5, 0.6) is 0 Å². The molecule has 4 nitrogen and oxygen atoms in total. The van der Waals surface area contributed by atoms with Crippen molar-refractivity contribution in [3.63, 3.8) is 0 Å². The molecule has 4 atom stereocenters. The number of aliphatic hydroxyl groups excluding tert-OH is 1. The average molecular weight is 199 g/mol. The Morgan fingerprint density at radius 1 is 1.50 bits per heavy atom. The Balaban J connectivity index is 1.88. The topological polar surface area (TPSA) is 61.5 Å². The summed E-state index contributed by atoms with van der Waals surface area (Å²) < 4.78 is 0. The summed E-state index contributed by atoms with van der Waals surface area (Å²) in [5.41, 5.74) is 5.89. The van der Waals surface area contributed by atoms with Crippen LogP contribution in [-0.2, 0) is 0 Å². The summed E-state index contributed by atoms with van der Waals surface area (Å²) in [6.07, 6.45) is 0.989. The van der Waals surface area contributed by atoms with E-state index in [0.29, 0.717) is 12.0 Å². The smallest absolute Gasteiger partial charge is 0.0831 e. The van der Waals surface area contributed by atoms with E-state index in [2.05, 4.69) is 17.1 Å². The van der Waals surface area contributed by atoms with Crippen molar-refractivity contribution in [2.75, 3.05) is 26.2 Å². The predicted molar refractivity (Wildman–Crippen MR) is 56.0 cm³/mol. The van der Waals surface area contributed by atoms with Gasteiger partial charge in [0.1, 0.15) is 0 Å². The molecule has 0 aromatic carbocycles. The first-order valence-corrected chi connectivity index (χ1v) is 5.57. The van der Waals surface area contributed by atoms with Crippen LogP contribution in [-0.4, -0.2) is 54.4 Å². The number of aliphatic hydroxyl groups is 1. The number of nitrogens with one attached hydrogen (secondary N) is 1. The lowest BCUT2D eigenvalue weighted by Crippen LogP contribution is -2.42. The molecule has 0 aliphatic carbocycles. The molecule has 0 radical (unpaired) electrons. The molecule has 4 heteroatoms. The van der Waals surface area contributed by atoms with Crippen LogP contribution < -0.4 is 11.1 Å². The minimum atomic E-state index is -0.193. The molecule has 0 aromatic rings. The lowest BCUT2D eigenvalue weighted by molar-refractivity contribution is 0.0955. The van der Waals surface area contributed by atoms with E-state index in [0.717, 1.165) is 26.2 Å². The highest BCUT2D eigenvalue weighted by Crippen LogP contribution is 2.22. The van der Waals surface area contributed by atoms with Gasteiger partial charge in [-0.3, -0.25) is 4.90 Å². The van der Waals surface area contributed by atoms with E-state index in [1.54, 1.807) is 0 Å². The van der Waals surface area contributed by atoms with Crippen LogP contribution in [0.3, 0.4) is 0 Å². The van der Waals surface area contributed by atoms with Gasteiger partial charge in [0.15, 0.2) is 0 Å². The van der Waals surface area contributed by atoms with E-state index in [4.69, 9.17) is 5.73 Å². The Morgan fingerprint density at radius 2 is 2.29 bits per heavy atom. The van der Waals surface area contributed by atoms with Crippen molar-refractivity contribution in [1.82, 2.24) is 10.2 Å². The summed E-state index contributed by atoms with van der Waals surface area (Å²) in [7, 11) is 0. The van der Waals surface area contributed by atoms with E-state index >= 15 is 0 Å². The highest BCUT2D eigenvalue weighted by Gasteiger charge is 2.35. The minimum absolute atomic E-state index is 0.193. The summed E-state index contributed by atoms with van der Waals surface area (Å²) in [4.78, 5) is 2.39. The molecule has 0 spiro atoms. The highest BCUT2D eigenvalue weighted by atomic mass is 16.3. The number of hydrogen-bond donors (Lipinski definition) is 3. The lowest BCUT2D eigenvalue weighted by Gasteiger charge is -2.26. The number of hydrogen-bond acceptors (Lipinski definition) is 4. The maximum absolute atomic E-state index is 9.74. The number of nitrogens with zero attached hydrogens (tertiary/aromatic N) is 1. The summed E-state index contributed by atoms with van der Waals surface area (Å²) in [5.74, 6) is 0.614. The molecular formula is C10H21N3O. The van der Waals surface area contributed by atoms with Crippen LogP contribution in [0.25, 0.3) is 0 Å². The van der Waals surface area contributed by atoms with Gasteiger partial charge < -0.3 is 16.2 Å².